The quantitative estimate of drug-likeness (QED) is 0.459. The summed E-state index contributed by atoms with van der Waals surface area (Å²) in [5.74, 6) is -2.39. The molecule has 8 heteroatoms. The zero-order chi connectivity index (χ0) is 19.2. The number of hydrogen-bond acceptors (Lipinski definition) is 3. The van der Waals surface area contributed by atoms with Crippen molar-refractivity contribution in [2.45, 2.75) is 24.7 Å². The Kier molecular flexibility index (Phi) is 4.48. The van der Waals surface area contributed by atoms with Crippen LogP contribution in [0.3, 0.4) is 0 Å². The molecule has 1 saturated carbocycles. The second kappa shape index (κ2) is 6.69. The highest BCUT2D eigenvalue weighted by molar-refractivity contribution is 6.31. The van der Waals surface area contributed by atoms with Crippen molar-refractivity contribution in [2.75, 3.05) is 10.6 Å². The Labute approximate surface area is 164 Å². The molecule has 1 aromatic carbocycles. The van der Waals surface area contributed by atoms with Crippen molar-refractivity contribution >= 4 is 45.5 Å². The summed E-state index contributed by atoms with van der Waals surface area (Å²) >= 11 is 12.3. The number of anilines is 2. The zero-order valence-electron chi connectivity index (χ0n) is 14.1. The smallest absolute Gasteiger partial charge is 0.249 e. The monoisotopic (exact) mass is 408 g/mol. The molecule has 2 aromatic heterocycles. The van der Waals surface area contributed by atoms with Crippen molar-refractivity contribution in [1.29, 1.82) is 0 Å². The van der Waals surface area contributed by atoms with Crippen LogP contribution in [0.4, 0.5) is 20.2 Å². The highest BCUT2D eigenvalue weighted by Crippen LogP contribution is 2.49. The SMILES string of the molecule is C=C(Nc1cnc(C2CC(F)(F)C2)c(Cl)c1)Nc1c[nH]c2ccc(Cl)cc12. The summed E-state index contributed by atoms with van der Waals surface area (Å²) in [5, 5.41) is 8.17. The Balaban J connectivity index is 1.45. The van der Waals surface area contributed by atoms with E-state index in [9.17, 15) is 8.78 Å². The van der Waals surface area contributed by atoms with E-state index < -0.39 is 5.92 Å². The highest BCUT2D eigenvalue weighted by Gasteiger charge is 2.47. The van der Waals surface area contributed by atoms with Crippen LogP contribution in [0.15, 0.2) is 49.1 Å². The van der Waals surface area contributed by atoms with Crippen LogP contribution in [0.5, 0.6) is 0 Å². The molecule has 0 bridgehead atoms. The van der Waals surface area contributed by atoms with Gasteiger partial charge in [0.05, 0.1) is 28.3 Å². The third-order valence-corrected chi connectivity index (χ3v) is 5.11. The molecule has 4 rings (SSSR count). The normalized spacial score (nSPS) is 16.1. The predicted molar refractivity (Wildman–Crippen MR) is 106 cm³/mol. The lowest BCUT2D eigenvalue weighted by Crippen LogP contribution is -2.34. The fraction of sp³-hybridized carbons (Fsp3) is 0.211. The summed E-state index contributed by atoms with van der Waals surface area (Å²) < 4.78 is 26.1. The molecule has 1 fully saturated rings. The van der Waals surface area contributed by atoms with Crippen LogP contribution in [0.2, 0.25) is 10.0 Å². The summed E-state index contributed by atoms with van der Waals surface area (Å²) in [7, 11) is 0. The number of nitrogens with one attached hydrogen (secondary N) is 3. The van der Waals surface area contributed by atoms with Crippen LogP contribution in [0, 0.1) is 0 Å². The van der Waals surface area contributed by atoms with Crippen LogP contribution < -0.4 is 10.6 Å². The summed E-state index contributed by atoms with van der Waals surface area (Å²) in [4.78, 5) is 7.41. The largest absolute Gasteiger partial charge is 0.359 e. The molecule has 0 spiro atoms. The van der Waals surface area contributed by atoms with Gasteiger partial charge in [0.15, 0.2) is 0 Å². The maximum Gasteiger partial charge on any atom is 0.249 e. The lowest BCUT2D eigenvalue weighted by molar-refractivity contribution is -0.0875. The van der Waals surface area contributed by atoms with Gasteiger partial charge in [-0.2, -0.15) is 0 Å². The van der Waals surface area contributed by atoms with E-state index in [2.05, 4.69) is 27.2 Å². The second-order valence-electron chi connectivity index (χ2n) is 6.67. The van der Waals surface area contributed by atoms with E-state index in [4.69, 9.17) is 23.2 Å². The first-order chi connectivity index (χ1) is 12.8. The van der Waals surface area contributed by atoms with E-state index in [1.54, 1.807) is 12.3 Å². The number of benzene rings is 1. The van der Waals surface area contributed by atoms with Crippen LogP contribution >= 0.6 is 23.2 Å². The molecule has 3 N–H and O–H groups in total. The van der Waals surface area contributed by atoms with Crippen LogP contribution in [-0.2, 0) is 0 Å². The third-order valence-electron chi connectivity index (χ3n) is 4.57. The molecule has 0 amide bonds. The number of nitrogens with zero attached hydrogens (tertiary/aromatic N) is 1. The van der Waals surface area contributed by atoms with Crippen molar-refractivity contribution < 1.29 is 8.78 Å². The minimum Gasteiger partial charge on any atom is -0.359 e. The number of halogens is 4. The number of rotatable bonds is 5. The van der Waals surface area contributed by atoms with E-state index >= 15 is 0 Å². The van der Waals surface area contributed by atoms with Crippen molar-refractivity contribution in [3.8, 4) is 0 Å². The van der Waals surface area contributed by atoms with E-state index in [1.165, 1.54) is 0 Å². The van der Waals surface area contributed by atoms with E-state index in [-0.39, 0.29) is 18.8 Å². The number of H-pyrrole nitrogens is 1. The zero-order valence-corrected chi connectivity index (χ0v) is 15.6. The fourth-order valence-corrected chi connectivity index (χ4v) is 3.73. The van der Waals surface area contributed by atoms with E-state index in [1.807, 2.05) is 24.4 Å². The second-order valence-corrected chi connectivity index (χ2v) is 7.52. The number of fused-ring (bicyclic) bond motifs is 1. The molecule has 0 aliphatic heterocycles. The van der Waals surface area contributed by atoms with Crippen molar-refractivity contribution in [3.63, 3.8) is 0 Å². The van der Waals surface area contributed by atoms with Gasteiger partial charge in [-0.1, -0.05) is 29.8 Å². The van der Waals surface area contributed by atoms with Gasteiger partial charge in [-0.15, -0.1) is 0 Å². The van der Waals surface area contributed by atoms with E-state index in [0.717, 1.165) is 16.6 Å². The number of pyridine rings is 1. The summed E-state index contributed by atoms with van der Waals surface area (Å²) in [6, 6.07) is 7.22. The Hall–Kier alpha value is -2.31. The minimum atomic E-state index is -2.60. The Morgan fingerprint density at radius 3 is 2.70 bits per heavy atom. The van der Waals surface area contributed by atoms with Crippen LogP contribution in [-0.4, -0.2) is 15.9 Å². The summed E-state index contributed by atoms with van der Waals surface area (Å²) in [5.41, 5.74) is 2.89. The summed E-state index contributed by atoms with van der Waals surface area (Å²) in [6.07, 6.45) is 2.98. The van der Waals surface area contributed by atoms with Gasteiger partial charge in [-0.05, 0) is 24.3 Å². The minimum absolute atomic E-state index is 0.204. The fourth-order valence-electron chi connectivity index (χ4n) is 3.24. The van der Waals surface area contributed by atoms with Gasteiger partial charge >= 0.3 is 0 Å². The van der Waals surface area contributed by atoms with Crippen molar-refractivity contribution in [3.05, 3.63) is 64.8 Å². The third kappa shape index (κ3) is 3.73. The average Bonchev–Trinajstić information content (AvgIpc) is 2.95. The summed E-state index contributed by atoms with van der Waals surface area (Å²) in [6.45, 7) is 3.95. The van der Waals surface area contributed by atoms with Gasteiger partial charge in [0, 0.05) is 40.9 Å². The molecule has 1 aliphatic carbocycles. The molecule has 3 aromatic rings. The van der Waals surface area contributed by atoms with Crippen molar-refractivity contribution in [2.24, 2.45) is 0 Å². The Morgan fingerprint density at radius 1 is 1.22 bits per heavy atom. The molecular weight excluding hydrogens is 393 g/mol. The molecule has 0 saturated heterocycles. The van der Waals surface area contributed by atoms with Crippen LogP contribution in [0.1, 0.15) is 24.5 Å². The van der Waals surface area contributed by atoms with Crippen LogP contribution in [0.25, 0.3) is 10.9 Å². The number of aromatic amines is 1. The Morgan fingerprint density at radius 2 is 2.00 bits per heavy atom. The lowest BCUT2D eigenvalue weighted by atomic mass is 9.79. The van der Waals surface area contributed by atoms with Gasteiger partial charge < -0.3 is 15.6 Å². The molecule has 4 nitrogen and oxygen atoms in total. The molecule has 0 radical (unpaired) electrons. The molecular formula is C19H16Cl2F2N4. The number of alkyl halides is 2. The first-order valence-electron chi connectivity index (χ1n) is 8.33. The Bertz CT molecular complexity index is 1020. The average molecular weight is 409 g/mol. The van der Waals surface area contributed by atoms with Gasteiger partial charge in [-0.3, -0.25) is 4.98 Å². The topological polar surface area (TPSA) is 52.7 Å². The highest BCUT2D eigenvalue weighted by atomic mass is 35.5. The number of hydrogen-bond donors (Lipinski definition) is 3. The molecule has 27 heavy (non-hydrogen) atoms. The molecule has 140 valence electrons. The molecule has 1 aliphatic rings. The van der Waals surface area contributed by atoms with Gasteiger partial charge in [0.2, 0.25) is 5.92 Å². The van der Waals surface area contributed by atoms with Crippen molar-refractivity contribution in [1.82, 2.24) is 9.97 Å². The molecule has 2 heterocycles. The van der Waals surface area contributed by atoms with E-state index in [0.29, 0.717) is 27.2 Å². The first-order valence-corrected chi connectivity index (χ1v) is 9.09. The van der Waals surface area contributed by atoms with Gasteiger partial charge in [0.1, 0.15) is 5.82 Å². The maximum atomic E-state index is 13.1. The van der Waals surface area contributed by atoms with Gasteiger partial charge in [-0.25, -0.2) is 8.78 Å². The standard InChI is InChI=1S/C19H16Cl2F2N4/c1-10(27-17-9-24-16-3-2-12(20)4-14(16)17)26-13-5-15(21)18(25-8-13)11-6-19(22,23)7-11/h2-5,8-9,11,24,26-27H,1,6-7H2. The predicted octanol–water partition coefficient (Wildman–Crippen LogP) is 6.38. The lowest BCUT2D eigenvalue weighted by Gasteiger charge is -2.34. The molecule has 0 atom stereocenters. The maximum absolute atomic E-state index is 13.1. The molecule has 0 unspecified atom stereocenters. The number of aromatic nitrogens is 2. The van der Waals surface area contributed by atoms with Gasteiger partial charge in [0.25, 0.3) is 0 Å². The first kappa shape index (κ1) is 18.1.